The Hall–Kier alpha value is -1.31. The van der Waals surface area contributed by atoms with Crippen LogP contribution in [0.25, 0.3) is 10.9 Å². The summed E-state index contributed by atoms with van der Waals surface area (Å²) >= 11 is 3.47. The standard InChI is InChI=1S/C13H14BrN3/c1-17(2)11(7-15)5-9-8-16-13-4-3-10(14)6-12(9)13/h3-4,6,8,11,16H,5H2,1-2H3. The molecular formula is C13H14BrN3. The molecule has 0 saturated carbocycles. The van der Waals surface area contributed by atoms with Gasteiger partial charge in [-0.1, -0.05) is 15.9 Å². The van der Waals surface area contributed by atoms with Gasteiger partial charge in [0.25, 0.3) is 0 Å². The number of H-pyrrole nitrogens is 1. The summed E-state index contributed by atoms with van der Waals surface area (Å²) in [7, 11) is 3.86. The first-order chi connectivity index (χ1) is 8.11. The molecule has 0 aliphatic heterocycles. The molecule has 0 aliphatic rings. The van der Waals surface area contributed by atoms with Crippen molar-refractivity contribution in [3.63, 3.8) is 0 Å². The molecule has 1 aromatic carbocycles. The molecule has 4 heteroatoms. The van der Waals surface area contributed by atoms with E-state index >= 15 is 0 Å². The molecule has 17 heavy (non-hydrogen) atoms. The quantitative estimate of drug-likeness (QED) is 0.945. The number of benzene rings is 1. The Bertz CT molecular complexity index is 566. The van der Waals surface area contributed by atoms with Gasteiger partial charge in [-0.3, -0.25) is 4.90 Å². The van der Waals surface area contributed by atoms with Gasteiger partial charge in [0.2, 0.25) is 0 Å². The van der Waals surface area contributed by atoms with Crippen molar-refractivity contribution < 1.29 is 0 Å². The molecule has 0 fully saturated rings. The van der Waals surface area contributed by atoms with Crippen molar-refractivity contribution in [2.75, 3.05) is 14.1 Å². The van der Waals surface area contributed by atoms with Crippen molar-refractivity contribution in [3.8, 4) is 6.07 Å². The van der Waals surface area contributed by atoms with Gasteiger partial charge in [0.15, 0.2) is 0 Å². The summed E-state index contributed by atoms with van der Waals surface area (Å²) in [5, 5.41) is 10.3. The van der Waals surface area contributed by atoms with Gasteiger partial charge in [0, 0.05) is 28.0 Å². The zero-order valence-electron chi connectivity index (χ0n) is 9.87. The Kier molecular flexibility index (Phi) is 3.51. The van der Waals surface area contributed by atoms with E-state index in [9.17, 15) is 0 Å². The topological polar surface area (TPSA) is 42.8 Å². The van der Waals surface area contributed by atoms with Crippen LogP contribution in [0.3, 0.4) is 0 Å². The maximum Gasteiger partial charge on any atom is 0.101 e. The molecule has 3 nitrogen and oxygen atoms in total. The average molecular weight is 292 g/mol. The highest BCUT2D eigenvalue weighted by Crippen LogP contribution is 2.24. The number of likely N-dealkylation sites (N-methyl/N-ethyl adjacent to an activating group) is 1. The number of hydrogen-bond acceptors (Lipinski definition) is 2. The van der Waals surface area contributed by atoms with E-state index < -0.39 is 0 Å². The number of nitriles is 1. The predicted molar refractivity (Wildman–Crippen MR) is 72.8 cm³/mol. The van der Waals surface area contributed by atoms with Crippen LogP contribution in [-0.2, 0) is 6.42 Å². The lowest BCUT2D eigenvalue weighted by Crippen LogP contribution is -2.28. The Labute approximate surface area is 109 Å². The van der Waals surface area contributed by atoms with E-state index in [1.165, 1.54) is 10.9 Å². The van der Waals surface area contributed by atoms with E-state index in [-0.39, 0.29) is 6.04 Å². The van der Waals surface area contributed by atoms with Gasteiger partial charge >= 0.3 is 0 Å². The largest absolute Gasteiger partial charge is 0.361 e. The number of hydrogen-bond donors (Lipinski definition) is 1. The molecule has 2 rings (SSSR count). The minimum atomic E-state index is -0.0898. The smallest absolute Gasteiger partial charge is 0.101 e. The summed E-state index contributed by atoms with van der Waals surface area (Å²) in [4.78, 5) is 5.18. The lowest BCUT2D eigenvalue weighted by atomic mass is 10.1. The summed E-state index contributed by atoms with van der Waals surface area (Å²) in [6, 6.07) is 8.37. The van der Waals surface area contributed by atoms with Crippen LogP contribution in [0.5, 0.6) is 0 Å². The van der Waals surface area contributed by atoms with Gasteiger partial charge in [-0.15, -0.1) is 0 Å². The zero-order valence-corrected chi connectivity index (χ0v) is 11.5. The van der Waals surface area contributed by atoms with E-state index in [4.69, 9.17) is 5.26 Å². The Morgan fingerprint density at radius 2 is 2.24 bits per heavy atom. The first kappa shape index (κ1) is 12.2. The lowest BCUT2D eigenvalue weighted by Gasteiger charge is -2.16. The van der Waals surface area contributed by atoms with Crippen molar-refractivity contribution in [2.45, 2.75) is 12.5 Å². The molecule has 0 radical (unpaired) electrons. The van der Waals surface area contributed by atoms with E-state index in [1.54, 1.807) is 0 Å². The van der Waals surface area contributed by atoms with Gasteiger partial charge in [-0.25, -0.2) is 0 Å². The Balaban J connectivity index is 2.36. The maximum absolute atomic E-state index is 9.11. The first-order valence-electron chi connectivity index (χ1n) is 5.43. The molecule has 1 unspecified atom stereocenters. The summed E-state index contributed by atoms with van der Waals surface area (Å²) in [5.41, 5.74) is 2.29. The average Bonchev–Trinajstić information content (AvgIpc) is 2.68. The van der Waals surface area contributed by atoms with Gasteiger partial charge < -0.3 is 4.98 Å². The molecule has 0 aliphatic carbocycles. The number of nitrogens with one attached hydrogen (secondary N) is 1. The fraction of sp³-hybridized carbons (Fsp3) is 0.308. The van der Waals surface area contributed by atoms with Gasteiger partial charge in [0.05, 0.1) is 6.07 Å². The molecule has 1 N–H and O–H groups in total. The van der Waals surface area contributed by atoms with Crippen LogP contribution in [-0.4, -0.2) is 30.0 Å². The molecule has 1 aromatic heterocycles. The molecule has 0 spiro atoms. The Morgan fingerprint density at radius 1 is 1.47 bits per heavy atom. The minimum Gasteiger partial charge on any atom is -0.361 e. The number of fused-ring (bicyclic) bond motifs is 1. The van der Waals surface area contributed by atoms with Crippen LogP contribution in [0.2, 0.25) is 0 Å². The summed E-state index contributed by atoms with van der Waals surface area (Å²) in [5.74, 6) is 0. The van der Waals surface area contributed by atoms with Gasteiger partial charge in [-0.2, -0.15) is 5.26 Å². The van der Waals surface area contributed by atoms with Crippen LogP contribution in [0.1, 0.15) is 5.56 Å². The van der Waals surface area contributed by atoms with Crippen molar-refractivity contribution in [1.82, 2.24) is 9.88 Å². The van der Waals surface area contributed by atoms with E-state index in [2.05, 4.69) is 33.0 Å². The second-order valence-electron chi connectivity index (χ2n) is 4.32. The monoisotopic (exact) mass is 291 g/mol. The maximum atomic E-state index is 9.11. The van der Waals surface area contributed by atoms with E-state index in [1.807, 2.05) is 37.3 Å². The highest BCUT2D eigenvalue weighted by molar-refractivity contribution is 9.10. The molecule has 88 valence electrons. The number of halogens is 1. The van der Waals surface area contributed by atoms with Crippen LogP contribution in [0, 0.1) is 11.3 Å². The van der Waals surface area contributed by atoms with Crippen molar-refractivity contribution in [1.29, 1.82) is 5.26 Å². The predicted octanol–water partition coefficient (Wildman–Crippen LogP) is 2.93. The molecule has 0 bridgehead atoms. The normalized spacial score (nSPS) is 12.9. The third kappa shape index (κ3) is 2.51. The summed E-state index contributed by atoms with van der Waals surface area (Å²) < 4.78 is 1.06. The molecule has 0 amide bonds. The van der Waals surface area contributed by atoms with Crippen LogP contribution < -0.4 is 0 Å². The molecule has 0 saturated heterocycles. The fourth-order valence-corrected chi connectivity index (χ4v) is 2.23. The van der Waals surface area contributed by atoms with Crippen molar-refractivity contribution in [3.05, 3.63) is 34.4 Å². The van der Waals surface area contributed by atoms with Gasteiger partial charge in [0.1, 0.15) is 6.04 Å². The second kappa shape index (κ2) is 4.91. The highest BCUT2D eigenvalue weighted by atomic mass is 79.9. The molecular weight excluding hydrogens is 278 g/mol. The van der Waals surface area contributed by atoms with Crippen LogP contribution in [0.15, 0.2) is 28.9 Å². The highest BCUT2D eigenvalue weighted by Gasteiger charge is 2.13. The third-order valence-corrected chi connectivity index (χ3v) is 3.41. The van der Waals surface area contributed by atoms with E-state index in [0.29, 0.717) is 0 Å². The number of nitrogens with zero attached hydrogens (tertiary/aromatic N) is 2. The number of aromatic amines is 1. The second-order valence-corrected chi connectivity index (χ2v) is 5.23. The zero-order chi connectivity index (χ0) is 12.4. The number of aromatic nitrogens is 1. The van der Waals surface area contributed by atoms with Gasteiger partial charge in [-0.05, 0) is 37.9 Å². The third-order valence-electron chi connectivity index (χ3n) is 2.92. The van der Waals surface area contributed by atoms with Crippen molar-refractivity contribution >= 4 is 26.8 Å². The van der Waals surface area contributed by atoms with Crippen molar-refractivity contribution in [2.24, 2.45) is 0 Å². The lowest BCUT2D eigenvalue weighted by molar-refractivity contribution is 0.349. The summed E-state index contributed by atoms with van der Waals surface area (Å²) in [6.07, 6.45) is 2.73. The first-order valence-corrected chi connectivity index (χ1v) is 6.22. The van der Waals surface area contributed by atoms with Crippen LogP contribution in [0.4, 0.5) is 0 Å². The van der Waals surface area contributed by atoms with Crippen LogP contribution >= 0.6 is 15.9 Å². The minimum absolute atomic E-state index is 0.0898. The Morgan fingerprint density at radius 3 is 2.88 bits per heavy atom. The number of rotatable bonds is 3. The summed E-state index contributed by atoms with van der Waals surface area (Å²) in [6.45, 7) is 0. The van der Waals surface area contributed by atoms with E-state index in [0.717, 1.165) is 16.4 Å². The fourth-order valence-electron chi connectivity index (χ4n) is 1.87. The molecule has 1 heterocycles. The molecule has 2 aromatic rings. The SMILES string of the molecule is CN(C)C(C#N)Cc1c[nH]c2ccc(Br)cc12. The molecule has 1 atom stereocenters.